The zero-order valence-electron chi connectivity index (χ0n) is 11.4. The lowest BCUT2D eigenvalue weighted by atomic mass is 10.1. The molecule has 0 bridgehead atoms. The van der Waals surface area contributed by atoms with Gasteiger partial charge in [0.15, 0.2) is 0 Å². The van der Waals surface area contributed by atoms with Crippen molar-refractivity contribution in [2.75, 3.05) is 13.1 Å². The molecular weight excluding hydrogens is 238 g/mol. The quantitative estimate of drug-likeness (QED) is 0.830. The van der Waals surface area contributed by atoms with Crippen molar-refractivity contribution in [3.05, 3.63) is 40.8 Å². The third-order valence-corrected chi connectivity index (χ3v) is 3.85. The van der Waals surface area contributed by atoms with Gasteiger partial charge in [-0.3, -0.25) is 0 Å². The first kappa shape index (κ1) is 13.3. The molecule has 2 heteroatoms. The number of hydrogen-bond acceptors (Lipinski definition) is 2. The average Bonchev–Trinajstić information content (AvgIpc) is 2.72. The zero-order chi connectivity index (χ0) is 13.0. The summed E-state index contributed by atoms with van der Waals surface area (Å²) >= 11 is 1.82. The van der Waals surface area contributed by atoms with Crippen molar-refractivity contribution < 1.29 is 0 Å². The zero-order valence-corrected chi connectivity index (χ0v) is 12.2. The Hall–Kier alpha value is -1.12. The van der Waals surface area contributed by atoms with Crippen LogP contribution >= 0.6 is 11.3 Å². The van der Waals surface area contributed by atoms with Crippen LogP contribution in [-0.2, 0) is 0 Å². The van der Waals surface area contributed by atoms with E-state index in [1.165, 1.54) is 21.2 Å². The Kier molecular flexibility index (Phi) is 4.56. The largest absolute Gasteiger partial charge is 0.313 e. The molecule has 0 amide bonds. The van der Waals surface area contributed by atoms with Crippen LogP contribution in [0.4, 0.5) is 0 Å². The first-order valence-corrected chi connectivity index (χ1v) is 7.39. The molecule has 1 N–H and O–H groups in total. The van der Waals surface area contributed by atoms with Gasteiger partial charge in [0, 0.05) is 11.2 Å². The van der Waals surface area contributed by atoms with Gasteiger partial charge in [-0.1, -0.05) is 43.7 Å². The molecule has 0 fully saturated rings. The van der Waals surface area contributed by atoms with Crippen LogP contribution in [0.5, 0.6) is 0 Å². The van der Waals surface area contributed by atoms with Gasteiger partial charge in [0.05, 0.1) is 0 Å². The topological polar surface area (TPSA) is 12.0 Å². The molecule has 0 unspecified atom stereocenters. The smallest absolute Gasteiger partial charge is 0.0348 e. The molecule has 18 heavy (non-hydrogen) atoms. The van der Waals surface area contributed by atoms with Gasteiger partial charge in [0.2, 0.25) is 0 Å². The maximum Gasteiger partial charge on any atom is 0.0348 e. The maximum absolute atomic E-state index is 3.48. The summed E-state index contributed by atoms with van der Waals surface area (Å²) in [7, 11) is 0. The number of thiophene rings is 1. The van der Waals surface area contributed by atoms with Crippen LogP contribution in [0.2, 0.25) is 0 Å². The first-order chi connectivity index (χ1) is 8.66. The molecular formula is C16H21NS. The number of hydrogen-bond donors (Lipinski definition) is 1. The summed E-state index contributed by atoms with van der Waals surface area (Å²) in [5.74, 6) is 0.708. The van der Waals surface area contributed by atoms with Crippen molar-refractivity contribution in [3.8, 4) is 0 Å². The van der Waals surface area contributed by atoms with E-state index >= 15 is 0 Å². The maximum atomic E-state index is 3.48. The Morgan fingerprint density at radius 2 is 2.11 bits per heavy atom. The second-order valence-corrected chi connectivity index (χ2v) is 6.11. The minimum Gasteiger partial charge on any atom is -0.313 e. The van der Waals surface area contributed by atoms with Gasteiger partial charge >= 0.3 is 0 Å². The van der Waals surface area contributed by atoms with Crippen molar-refractivity contribution in [1.82, 2.24) is 5.32 Å². The molecule has 0 radical (unpaired) electrons. The number of fused-ring (bicyclic) bond motifs is 1. The lowest BCUT2D eigenvalue weighted by Crippen LogP contribution is -2.21. The van der Waals surface area contributed by atoms with Gasteiger partial charge < -0.3 is 5.32 Å². The summed E-state index contributed by atoms with van der Waals surface area (Å²) < 4.78 is 1.37. The second-order valence-electron chi connectivity index (χ2n) is 5.20. The van der Waals surface area contributed by atoms with E-state index in [-0.39, 0.29) is 0 Å². The van der Waals surface area contributed by atoms with Crippen LogP contribution in [-0.4, -0.2) is 13.1 Å². The molecule has 0 saturated heterocycles. The molecule has 0 saturated carbocycles. The van der Waals surface area contributed by atoms with Crippen molar-refractivity contribution in [2.45, 2.75) is 20.8 Å². The summed E-state index contributed by atoms with van der Waals surface area (Å²) in [5, 5.41) is 7.09. The van der Waals surface area contributed by atoms with Gasteiger partial charge in [0.1, 0.15) is 0 Å². The van der Waals surface area contributed by atoms with Gasteiger partial charge in [-0.25, -0.2) is 0 Å². The van der Waals surface area contributed by atoms with Gasteiger partial charge in [0.25, 0.3) is 0 Å². The molecule has 0 aliphatic rings. The Morgan fingerprint density at radius 1 is 1.33 bits per heavy atom. The SMILES string of the molecule is CC(=Cc1csc2ccccc12)CNCC(C)C. The average molecular weight is 259 g/mol. The Balaban J connectivity index is 2.07. The fraction of sp³-hybridized carbons (Fsp3) is 0.375. The Morgan fingerprint density at radius 3 is 2.89 bits per heavy atom. The summed E-state index contributed by atoms with van der Waals surface area (Å²) in [6.07, 6.45) is 2.30. The number of nitrogens with one attached hydrogen (secondary N) is 1. The lowest BCUT2D eigenvalue weighted by Gasteiger charge is -2.07. The third kappa shape index (κ3) is 3.44. The lowest BCUT2D eigenvalue weighted by molar-refractivity contribution is 0.572. The fourth-order valence-electron chi connectivity index (χ4n) is 1.98. The van der Waals surface area contributed by atoms with Crippen molar-refractivity contribution in [2.24, 2.45) is 5.92 Å². The monoisotopic (exact) mass is 259 g/mol. The van der Waals surface area contributed by atoms with E-state index in [9.17, 15) is 0 Å². The van der Waals surface area contributed by atoms with Crippen LogP contribution < -0.4 is 5.32 Å². The van der Waals surface area contributed by atoms with Gasteiger partial charge in [-0.05, 0) is 41.8 Å². The number of benzene rings is 1. The molecule has 0 atom stereocenters. The van der Waals surface area contributed by atoms with Crippen molar-refractivity contribution >= 4 is 27.5 Å². The predicted octanol–water partition coefficient (Wildman–Crippen LogP) is 4.55. The summed E-state index contributed by atoms with van der Waals surface area (Å²) in [6.45, 7) is 8.72. The van der Waals surface area contributed by atoms with Crippen LogP contribution in [0.3, 0.4) is 0 Å². The molecule has 2 aromatic rings. The van der Waals surface area contributed by atoms with E-state index in [2.05, 4.69) is 61.8 Å². The van der Waals surface area contributed by atoms with E-state index in [1.807, 2.05) is 11.3 Å². The van der Waals surface area contributed by atoms with Gasteiger partial charge in [-0.15, -0.1) is 11.3 Å². The second kappa shape index (κ2) is 6.17. The van der Waals surface area contributed by atoms with Crippen LogP contribution in [0.1, 0.15) is 26.3 Å². The fourth-order valence-corrected chi connectivity index (χ4v) is 2.90. The summed E-state index contributed by atoms with van der Waals surface area (Å²) in [4.78, 5) is 0. The predicted molar refractivity (Wildman–Crippen MR) is 83.2 cm³/mol. The van der Waals surface area contributed by atoms with E-state index in [0.29, 0.717) is 5.92 Å². The molecule has 1 aromatic heterocycles. The number of rotatable bonds is 5. The van der Waals surface area contributed by atoms with E-state index in [1.54, 1.807) is 0 Å². The van der Waals surface area contributed by atoms with Gasteiger partial charge in [-0.2, -0.15) is 0 Å². The van der Waals surface area contributed by atoms with E-state index < -0.39 is 0 Å². The van der Waals surface area contributed by atoms with Crippen molar-refractivity contribution in [3.63, 3.8) is 0 Å². The highest BCUT2D eigenvalue weighted by atomic mass is 32.1. The molecule has 0 aliphatic heterocycles. The summed E-state index contributed by atoms with van der Waals surface area (Å²) in [6, 6.07) is 8.60. The molecule has 1 heterocycles. The van der Waals surface area contributed by atoms with Crippen LogP contribution in [0.25, 0.3) is 16.2 Å². The van der Waals surface area contributed by atoms with E-state index in [4.69, 9.17) is 0 Å². The minimum absolute atomic E-state index is 0.708. The minimum atomic E-state index is 0.708. The standard InChI is InChI=1S/C16H21NS/c1-12(2)9-17-10-13(3)8-14-11-18-16-7-5-4-6-15(14)16/h4-8,11-12,17H,9-10H2,1-3H3. The normalized spacial score (nSPS) is 12.6. The Labute approximate surface area is 114 Å². The highest BCUT2D eigenvalue weighted by Crippen LogP contribution is 2.27. The highest BCUT2D eigenvalue weighted by molar-refractivity contribution is 7.17. The molecule has 96 valence electrons. The van der Waals surface area contributed by atoms with Crippen LogP contribution in [0.15, 0.2) is 35.2 Å². The first-order valence-electron chi connectivity index (χ1n) is 6.51. The molecule has 2 rings (SSSR count). The highest BCUT2D eigenvalue weighted by Gasteiger charge is 2.01. The molecule has 1 aromatic carbocycles. The third-order valence-electron chi connectivity index (χ3n) is 2.87. The molecule has 0 spiro atoms. The van der Waals surface area contributed by atoms with E-state index in [0.717, 1.165) is 13.1 Å². The summed E-state index contributed by atoms with van der Waals surface area (Å²) in [5.41, 5.74) is 2.73. The molecule has 1 nitrogen and oxygen atoms in total. The van der Waals surface area contributed by atoms with Crippen molar-refractivity contribution in [1.29, 1.82) is 0 Å². The van der Waals surface area contributed by atoms with Crippen LogP contribution in [0, 0.1) is 5.92 Å². The Bertz CT molecular complexity index is 537. The molecule has 0 aliphatic carbocycles.